The van der Waals surface area contributed by atoms with Crippen molar-refractivity contribution in [3.8, 4) is 0 Å². The van der Waals surface area contributed by atoms with Crippen molar-refractivity contribution < 1.29 is 14.7 Å². The Morgan fingerprint density at radius 3 is 2.63 bits per heavy atom. The summed E-state index contributed by atoms with van der Waals surface area (Å²) in [4.78, 5) is 49.4. The van der Waals surface area contributed by atoms with Gasteiger partial charge in [0.25, 0.3) is 11.5 Å². The number of H-pyrrole nitrogens is 1. The predicted octanol–water partition coefficient (Wildman–Crippen LogP) is -1.24. The molecule has 0 saturated heterocycles. The van der Waals surface area contributed by atoms with Gasteiger partial charge in [0.05, 0.1) is 0 Å². The van der Waals surface area contributed by atoms with Gasteiger partial charge in [-0.1, -0.05) is 0 Å². The maximum Gasteiger partial charge on any atom is 0.328 e. The fourth-order valence-corrected chi connectivity index (χ4v) is 1.77. The highest BCUT2D eigenvalue weighted by Crippen LogP contribution is 2.27. The van der Waals surface area contributed by atoms with Crippen molar-refractivity contribution in [3.63, 3.8) is 0 Å². The minimum absolute atomic E-state index is 0.139. The number of carbonyl (C=O) groups excluding carboxylic acids is 1. The second kappa shape index (κ2) is 4.71. The zero-order valence-corrected chi connectivity index (χ0v) is 10.3. The van der Waals surface area contributed by atoms with E-state index in [1.165, 1.54) is 7.05 Å². The highest BCUT2D eigenvalue weighted by molar-refractivity contribution is 5.95. The smallest absolute Gasteiger partial charge is 0.328 e. The number of aliphatic carboxylic acids is 1. The van der Waals surface area contributed by atoms with Crippen molar-refractivity contribution in [2.45, 2.75) is 18.9 Å². The molecule has 1 aromatic rings. The minimum atomic E-state index is -1.14. The number of amides is 1. The lowest BCUT2D eigenvalue weighted by Gasteiger charge is -2.19. The standard InChI is InChI=1S/C11H13N3O5/c1-13-9(17)7(4-12-11(13)19)10(18)14(5-8(15)16)6-2-3-6/h4,6H,2-3,5H2,1H3,(H,12,19)(H,15,16). The summed E-state index contributed by atoms with van der Waals surface area (Å²) in [5.74, 6) is -1.80. The normalized spacial score (nSPS) is 14.2. The molecule has 1 aliphatic rings. The molecule has 1 saturated carbocycles. The number of carbonyl (C=O) groups is 2. The molecule has 102 valence electrons. The van der Waals surface area contributed by atoms with Gasteiger partial charge < -0.3 is 15.0 Å². The molecule has 0 atom stereocenters. The first-order valence-electron chi connectivity index (χ1n) is 5.73. The van der Waals surface area contributed by atoms with Crippen LogP contribution in [0.4, 0.5) is 0 Å². The predicted molar refractivity (Wildman–Crippen MR) is 64.0 cm³/mol. The summed E-state index contributed by atoms with van der Waals surface area (Å²) in [6.45, 7) is -0.453. The number of hydrogen-bond donors (Lipinski definition) is 2. The van der Waals surface area contributed by atoms with Gasteiger partial charge in [-0.2, -0.15) is 0 Å². The van der Waals surface area contributed by atoms with Gasteiger partial charge in [-0.05, 0) is 12.8 Å². The number of rotatable bonds is 4. The lowest BCUT2D eigenvalue weighted by molar-refractivity contribution is -0.137. The summed E-state index contributed by atoms with van der Waals surface area (Å²) in [5.41, 5.74) is -1.59. The molecule has 8 nitrogen and oxygen atoms in total. The van der Waals surface area contributed by atoms with Crippen LogP contribution in [0.2, 0.25) is 0 Å². The molecule has 1 aliphatic carbocycles. The van der Waals surface area contributed by atoms with Crippen molar-refractivity contribution in [3.05, 3.63) is 32.6 Å². The summed E-state index contributed by atoms with van der Waals surface area (Å²) in [6.07, 6.45) is 2.48. The second-order valence-corrected chi connectivity index (χ2v) is 4.43. The van der Waals surface area contributed by atoms with Crippen LogP contribution in [0.1, 0.15) is 23.2 Å². The van der Waals surface area contributed by atoms with Gasteiger partial charge >= 0.3 is 11.7 Å². The van der Waals surface area contributed by atoms with Crippen molar-refractivity contribution >= 4 is 11.9 Å². The van der Waals surface area contributed by atoms with Crippen molar-refractivity contribution in [1.82, 2.24) is 14.5 Å². The lowest BCUT2D eigenvalue weighted by atomic mass is 10.2. The molecular weight excluding hydrogens is 254 g/mol. The molecule has 1 aromatic heterocycles. The number of aromatic amines is 1. The van der Waals surface area contributed by atoms with E-state index in [1.54, 1.807) is 0 Å². The first-order valence-corrected chi connectivity index (χ1v) is 5.73. The van der Waals surface area contributed by atoms with E-state index in [4.69, 9.17) is 5.11 Å². The molecule has 0 spiro atoms. The molecule has 0 aliphatic heterocycles. The quantitative estimate of drug-likeness (QED) is 0.708. The van der Waals surface area contributed by atoms with E-state index < -0.39 is 29.7 Å². The fourth-order valence-electron chi connectivity index (χ4n) is 1.77. The summed E-state index contributed by atoms with van der Waals surface area (Å²) in [5, 5.41) is 8.79. The molecule has 2 rings (SSSR count). The molecule has 0 bridgehead atoms. The van der Waals surface area contributed by atoms with Crippen LogP contribution in [0.5, 0.6) is 0 Å². The Balaban J connectivity index is 2.37. The van der Waals surface area contributed by atoms with E-state index in [0.717, 1.165) is 28.5 Å². The minimum Gasteiger partial charge on any atom is -0.480 e. The Bertz CT molecular complexity index is 640. The van der Waals surface area contributed by atoms with Crippen molar-refractivity contribution in [2.24, 2.45) is 7.05 Å². The van der Waals surface area contributed by atoms with Gasteiger partial charge in [0, 0.05) is 19.3 Å². The topological polar surface area (TPSA) is 112 Å². The number of nitrogens with one attached hydrogen (secondary N) is 1. The van der Waals surface area contributed by atoms with Crippen molar-refractivity contribution in [1.29, 1.82) is 0 Å². The third-order valence-corrected chi connectivity index (χ3v) is 2.96. The van der Waals surface area contributed by atoms with Crippen LogP contribution in [0.25, 0.3) is 0 Å². The van der Waals surface area contributed by atoms with Crippen LogP contribution >= 0.6 is 0 Å². The van der Waals surface area contributed by atoms with Crippen LogP contribution in [0.3, 0.4) is 0 Å². The third kappa shape index (κ3) is 2.56. The summed E-state index contributed by atoms with van der Waals surface area (Å²) < 4.78 is 0.777. The molecule has 2 N–H and O–H groups in total. The van der Waals surface area contributed by atoms with Gasteiger partial charge in [-0.3, -0.25) is 19.0 Å². The van der Waals surface area contributed by atoms with Crippen LogP contribution in [0.15, 0.2) is 15.8 Å². The van der Waals surface area contributed by atoms with E-state index in [-0.39, 0.29) is 11.6 Å². The van der Waals surface area contributed by atoms with Gasteiger partial charge in [0.1, 0.15) is 12.1 Å². The third-order valence-electron chi connectivity index (χ3n) is 2.96. The molecule has 1 fully saturated rings. The molecule has 1 amide bonds. The molecule has 0 unspecified atom stereocenters. The molecule has 8 heteroatoms. The van der Waals surface area contributed by atoms with E-state index >= 15 is 0 Å². The molecular formula is C11H13N3O5. The molecule has 0 aromatic carbocycles. The largest absolute Gasteiger partial charge is 0.480 e. The van der Waals surface area contributed by atoms with Crippen LogP contribution in [-0.4, -0.2) is 44.0 Å². The van der Waals surface area contributed by atoms with E-state index in [2.05, 4.69) is 4.98 Å². The average Bonchev–Trinajstić information content (AvgIpc) is 3.16. The summed E-state index contributed by atoms with van der Waals surface area (Å²) in [6, 6.07) is -0.139. The highest BCUT2D eigenvalue weighted by Gasteiger charge is 2.35. The Morgan fingerprint density at radius 1 is 1.47 bits per heavy atom. The van der Waals surface area contributed by atoms with Crippen molar-refractivity contribution in [2.75, 3.05) is 6.54 Å². The van der Waals surface area contributed by atoms with E-state index in [9.17, 15) is 19.2 Å². The Hall–Kier alpha value is -2.38. The number of carboxylic acid groups (broad SMARTS) is 1. The van der Waals surface area contributed by atoms with E-state index in [0.29, 0.717) is 0 Å². The van der Waals surface area contributed by atoms with Gasteiger partial charge in [0.15, 0.2) is 0 Å². The zero-order valence-electron chi connectivity index (χ0n) is 10.3. The SMILES string of the molecule is Cn1c(=O)[nH]cc(C(=O)N(CC(=O)O)C2CC2)c1=O. The van der Waals surface area contributed by atoms with Crippen LogP contribution < -0.4 is 11.2 Å². The van der Waals surface area contributed by atoms with Crippen LogP contribution in [0, 0.1) is 0 Å². The van der Waals surface area contributed by atoms with E-state index in [1.807, 2.05) is 0 Å². The average molecular weight is 267 g/mol. The number of carboxylic acids is 1. The van der Waals surface area contributed by atoms with Gasteiger partial charge in [-0.25, -0.2) is 4.79 Å². The first-order chi connectivity index (χ1) is 8.91. The first kappa shape index (κ1) is 13.1. The number of nitrogens with zero attached hydrogens (tertiary/aromatic N) is 2. The Kier molecular flexibility index (Phi) is 3.24. The number of aromatic nitrogens is 2. The molecule has 1 heterocycles. The zero-order chi connectivity index (χ0) is 14.2. The Morgan fingerprint density at radius 2 is 2.11 bits per heavy atom. The van der Waals surface area contributed by atoms with Crippen LogP contribution in [-0.2, 0) is 11.8 Å². The summed E-state index contributed by atoms with van der Waals surface area (Å²) in [7, 11) is 1.25. The lowest BCUT2D eigenvalue weighted by Crippen LogP contribution is -2.43. The molecule has 0 radical (unpaired) electrons. The monoisotopic (exact) mass is 267 g/mol. The Labute approximate surface area is 107 Å². The molecule has 19 heavy (non-hydrogen) atoms. The van der Waals surface area contributed by atoms with Gasteiger partial charge in [0.2, 0.25) is 0 Å². The number of hydrogen-bond acceptors (Lipinski definition) is 4. The fraction of sp³-hybridized carbons (Fsp3) is 0.455. The maximum atomic E-state index is 12.2. The maximum absolute atomic E-state index is 12.2. The second-order valence-electron chi connectivity index (χ2n) is 4.43. The summed E-state index contributed by atoms with van der Waals surface area (Å²) >= 11 is 0. The van der Waals surface area contributed by atoms with Gasteiger partial charge in [-0.15, -0.1) is 0 Å². The highest BCUT2D eigenvalue weighted by atomic mass is 16.4.